The second-order valence-corrected chi connectivity index (χ2v) is 21.2. The van der Waals surface area contributed by atoms with Crippen molar-refractivity contribution in [3.8, 4) is 11.1 Å². The summed E-state index contributed by atoms with van der Waals surface area (Å²) < 4.78 is 1.80. The van der Waals surface area contributed by atoms with Gasteiger partial charge in [-0.2, -0.15) is 28.8 Å². The molecule has 0 spiro atoms. The van der Waals surface area contributed by atoms with Crippen LogP contribution in [0.3, 0.4) is 0 Å². The summed E-state index contributed by atoms with van der Waals surface area (Å²) in [4.78, 5) is 0. The summed E-state index contributed by atoms with van der Waals surface area (Å²) in [5.41, 5.74) is 18.1. The van der Waals surface area contributed by atoms with E-state index in [-0.39, 0.29) is 46.5 Å². The summed E-state index contributed by atoms with van der Waals surface area (Å²) in [6.45, 7) is 32.3. The van der Waals surface area contributed by atoms with Crippen LogP contribution in [0.5, 0.6) is 0 Å². The minimum absolute atomic E-state index is 0. The van der Waals surface area contributed by atoms with E-state index < -0.39 is 0 Å². The second-order valence-electron chi connectivity index (χ2n) is 19.5. The number of allylic oxidation sites excluding steroid dienone is 4. The first-order valence-electron chi connectivity index (χ1n) is 19.1. The Morgan fingerprint density at radius 3 is 1.67 bits per heavy atom. The maximum atomic E-state index is 3.85. The van der Waals surface area contributed by atoms with Gasteiger partial charge in [-0.15, -0.1) is 11.6 Å². The Morgan fingerprint density at radius 1 is 0.686 bits per heavy atom. The van der Waals surface area contributed by atoms with Crippen molar-refractivity contribution in [1.29, 1.82) is 0 Å². The fourth-order valence-corrected chi connectivity index (χ4v) is 8.97. The van der Waals surface area contributed by atoms with Gasteiger partial charge in [0.25, 0.3) is 0 Å². The van der Waals surface area contributed by atoms with Crippen LogP contribution in [0.1, 0.15) is 174 Å². The Kier molecular flexibility index (Phi) is 13.6. The normalized spacial score (nSPS) is 17.9. The van der Waals surface area contributed by atoms with E-state index in [0.29, 0.717) is 5.41 Å². The molecule has 0 saturated heterocycles. The molecule has 3 heteroatoms. The summed E-state index contributed by atoms with van der Waals surface area (Å²) in [6.07, 6.45) is 15.9. The molecule has 4 aliphatic rings. The van der Waals surface area contributed by atoms with E-state index >= 15 is 0 Å². The third kappa shape index (κ3) is 9.47. The first-order chi connectivity index (χ1) is 22.5. The number of hydrogen-bond donors (Lipinski definition) is 0. The van der Waals surface area contributed by atoms with E-state index in [2.05, 4.69) is 152 Å². The maximum absolute atomic E-state index is 3.85. The Bertz CT molecular complexity index is 1700. The zero-order valence-corrected chi connectivity index (χ0v) is 38.3. The van der Waals surface area contributed by atoms with E-state index in [1.807, 2.05) is 0 Å². The number of hydrogen-bond acceptors (Lipinski definition) is 0. The molecule has 0 nitrogen and oxygen atoms in total. The van der Waals surface area contributed by atoms with Gasteiger partial charge < -0.3 is 24.8 Å². The number of benzene rings is 2. The van der Waals surface area contributed by atoms with E-state index in [9.17, 15) is 0 Å². The van der Waals surface area contributed by atoms with Crippen LogP contribution in [0.4, 0.5) is 0 Å². The van der Waals surface area contributed by atoms with Crippen molar-refractivity contribution in [2.75, 3.05) is 0 Å². The molecule has 0 radical (unpaired) electrons. The molecular formula is C48H64Cl2Zr-2. The quantitative estimate of drug-likeness (QED) is 0.176. The van der Waals surface area contributed by atoms with Gasteiger partial charge in [0.2, 0.25) is 0 Å². The molecule has 276 valence electrons. The Hall–Kier alpha value is -1.40. The third-order valence-corrected chi connectivity index (χ3v) is 12.4. The zero-order chi connectivity index (χ0) is 36.3. The van der Waals surface area contributed by atoms with Crippen LogP contribution < -0.4 is 24.8 Å². The summed E-state index contributed by atoms with van der Waals surface area (Å²) in [7, 11) is 0. The fraction of sp³-hybridized carbons (Fsp3) is 0.542. The molecule has 0 atom stereocenters. The molecule has 0 aliphatic heterocycles. The fourth-order valence-electron chi connectivity index (χ4n) is 8.10. The SMILES string of the molecule is CC(C)(C)C1=[C-]C(C)(C)c2cc3c(cc21)-c1cc2c(cc1C3)C(C)(C)C=C2C(C)(C)C.CCc1cc(C(C)(C)C)c[cH-]1.[Cl-].[Cl-].[Zr+2]=[C]1CCCCC1. The van der Waals surface area contributed by atoms with Gasteiger partial charge >= 0.3 is 59.5 Å². The molecular weight excluding hydrogens is 739 g/mol. The third-order valence-electron chi connectivity index (χ3n) is 11.1. The van der Waals surface area contributed by atoms with E-state index in [4.69, 9.17) is 0 Å². The van der Waals surface area contributed by atoms with Gasteiger partial charge in [-0.1, -0.05) is 132 Å². The molecule has 0 unspecified atom stereocenters. The van der Waals surface area contributed by atoms with Crippen LogP contribution >= 0.6 is 0 Å². The van der Waals surface area contributed by atoms with Gasteiger partial charge in [0.1, 0.15) is 0 Å². The molecule has 0 heterocycles. The van der Waals surface area contributed by atoms with Gasteiger partial charge in [-0.05, 0) is 62.3 Å². The molecule has 0 amide bonds. The van der Waals surface area contributed by atoms with Crippen molar-refractivity contribution in [3.05, 3.63) is 99.1 Å². The second kappa shape index (κ2) is 15.8. The van der Waals surface area contributed by atoms with Gasteiger partial charge in [-0.3, -0.25) is 6.08 Å². The molecule has 1 saturated carbocycles. The predicted molar refractivity (Wildman–Crippen MR) is 212 cm³/mol. The number of fused-ring (bicyclic) bond motifs is 5. The van der Waals surface area contributed by atoms with Gasteiger partial charge in [-0.25, -0.2) is 11.6 Å². The van der Waals surface area contributed by atoms with Crippen molar-refractivity contribution in [2.24, 2.45) is 10.8 Å². The molecule has 1 fully saturated rings. The first kappa shape index (κ1) is 44.0. The summed E-state index contributed by atoms with van der Waals surface area (Å²) in [6, 6.07) is 16.8. The van der Waals surface area contributed by atoms with Gasteiger partial charge in [0, 0.05) is 5.41 Å². The summed E-state index contributed by atoms with van der Waals surface area (Å²) in [5.74, 6) is 0. The first-order valence-corrected chi connectivity index (χ1v) is 20.3. The van der Waals surface area contributed by atoms with Crippen LogP contribution in [-0.2, 0) is 53.3 Å². The van der Waals surface area contributed by atoms with Crippen molar-refractivity contribution < 1.29 is 49.0 Å². The molecule has 0 aromatic heterocycles. The van der Waals surface area contributed by atoms with Crippen LogP contribution in [0.2, 0.25) is 0 Å². The van der Waals surface area contributed by atoms with Gasteiger partial charge in [0.15, 0.2) is 0 Å². The zero-order valence-electron chi connectivity index (χ0n) is 34.3. The minimum atomic E-state index is -0.0202. The molecule has 7 rings (SSSR count). The molecule has 4 aliphatic carbocycles. The van der Waals surface area contributed by atoms with Crippen molar-refractivity contribution in [3.63, 3.8) is 0 Å². The molecule has 0 bridgehead atoms. The van der Waals surface area contributed by atoms with Crippen molar-refractivity contribution in [2.45, 2.75) is 158 Å². The predicted octanol–water partition coefficient (Wildman–Crippen LogP) is 7.45. The van der Waals surface area contributed by atoms with Crippen LogP contribution in [-0.4, -0.2) is 3.21 Å². The van der Waals surface area contributed by atoms with Crippen molar-refractivity contribution in [1.82, 2.24) is 0 Å². The Labute approximate surface area is 340 Å². The van der Waals surface area contributed by atoms with E-state index in [0.717, 1.165) is 12.8 Å². The van der Waals surface area contributed by atoms with Crippen LogP contribution in [0.25, 0.3) is 22.3 Å². The van der Waals surface area contributed by atoms with Gasteiger partial charge in [0.05, 0.1) is 0 Å². The molecule has 3 aromatic rings. The van der Waals surface area contributed by atoms with E-state index in [1.54, 1.807) is 27.4 Å². The average molecular weight is 803 g/mol. The summed E-state index contributed by atoms with van der Waals surface area (Å²) in [5, 5.41) is 0. The topological polar surface area (TPSA) is 0 Å². The number of aryl methyl sites for hydroxylation is 1. The molecule has 3 aromatic carbocycles. The monoisotopic (exact) mass is 800 g/mol. The van der Waals surface area contributed by atoms with Crippen LogP contribution in [0.15, 0.2) is 48.5 Å². The Morgan fingerprint density at radius 2 is 1.24 bits per heavy atom. The average Bonchev–Trinajstić information content (AvgIpc) is 3.73. The standard InChI is InChI=1S/C31H37.C11H17.C6H10.2ClH.Zr/c1-28(2,3)26-16-30(7,8)24-12-18-11-19-13-25-23(15-21(19)20(18)14-22(24)26)27(29(4,5)6)17-31(25,9)10;1-5-9-6-7-10(8-9)11(2,3)4;1-2-4-6-5-3-1;;;/h12-16H,11H2,1-10H3;6-8H,5H2,1-4H3;1-5H2;2*1H;/q2*-1;;;;+2/p-2. The summed E-state index contributed by atoms with van der Waals surface area (Å²) >= 11 is 1.69. The van der Waals surface area contributed by atoms with Crippen molar-refractivity contribution >= 4 is 14.4 Å². The number of halogens is 2. The number of rotatable bonds is 1. The molecule has 51 heavy (non-hydrogen) atoms. The van der Waals surface area contributed by atoms with Crippen LogP contribution in [0, 0.1) is 16.9 Å². The molecule has 0 N–H and O–H groups in total. The Balaban J connectivity index is 0.000000289. The van der Waals surface area contributed by atoms with E-state index in [1.165, 1.54) is 98.9 Å².